The molecule has 1 aliphatic rings. The highest BCUT2D eigenvalue weighted by molar-refractivity contribution is 5.76. The van der Waals surface area contributed by atoms with Gasteiger partial charge in [0.2, 0.25) is 0 Å². The number of rotatable bonds is 1. The van der Waals surface area contributed by atoms with Gasteiger partial charge in [-0.05, 0) is 0 Å². The van der Waals surface area contributed by atoms with Gasteiger partial charge >= 0.3 is 18.3 Å². The van der Waals surface area contributed by atoms with Crippen LogP contribution < -0.4 is 0 Å². The first kappa shape index (κ1) is 14.7. The Morgan fingerprint density at radius 3 is 1.86 bits per heavy atom. The Bertz CT molecular complexity index is 210. The number of ether oxygens (including phenoxy) is 2. The molecule has 1 saturated heterocycles. The first-order chi connectivity index (χ1) is 6.67. The molecule has 14 heavy (non-hydrogen) atoms. The maximum Gasteiger partial charge on any atom is 0.373 e. The summed E-state index contributed by atoms with van der Waals surface area (Å²) in [5, 5.41) is 0. The molecule has 78 valence electrons. The Kier molecular flexibility index (Phi) is 11.7. The molecule has 0 aliphatic carbocycles. The van der Waals surface area contributed by atoms with Gasteiger partial charge in [-0.1, -0.05) is 0 Å². The number of carbonyl (C=O) groups excluding carboxylic acids is 5. The lowest BCUT2D eigenvalue weighted by Gasteiger charge is -1.98. The van der Waals surface area contributed by atoms with Crippen LogP contribution in [0.1, 0.15) is 6.42 Å². The second kappa shape index (κ2) is 11.2. The van der Waals surface area contributed by atoms with Gasteiger partial charge in [-0.25, -0.2) is 4.79 Å². The van der Waals surface area contributed by atoms with Crippen LogP contribution in [0.4, 0.5) is 0 Å². The summed E-state index contributed by atoms with van der Waals surface area (Å²) < 4.78 is 9.34. The van der Waals surface area contributed by atoms with Gasteiger partial charge in [-0.3, -0.25) is 0 Å². The number of carbonyl (C=O) groups is 1. The molecule has 1 unspecified atom stereocenters. The first-order valence-corrected chi connectivity index (χ1v) is 3.35. The van der Waals surface area contributed by atoms with Crippen LogP contribution in [0.25, 0.3) is 0 Å². The van der Waals surface area contributed by atoms with Crippen molar-refractivity contribution in [3.63, 3.8) is 0 Å². The van der Waals surface area contributed by atoms with E-state index >= 15 is 0 Å². The molecule has 0 aromatic carbocycles. The molecule has 1 heterocycles. The van der Waals surface area contributed by atoms with Crippen molar-refractivity contribution in [2.75, 3.05) is 13.7 Å². The SMILES string of the molecule is COC1CCOC1=O.O=C=O.O=C=O. The van der Waals surface area contributed by atoms with Crippen LogP contribution in [0.2, 0.25) is 0 Å². The van der Waals surface area contributed by atoms with E-state index < -0.39 is 0 Å². The van der Waals surface area contributed by atoms with Crippen LogP contribution in [0, 0.1) is 0 Å². The number of hydrogen-bond donors (Lipinski definition) is 0. The average Bonchev–Trinajstić information content (AvgIpc) is 2.53. The van der Waals surface area contributed by atoms with Crippen molar-refractivity contribution < 1.29 is 33.4 Å². The topological polar surface area (TPSA) is 104 Å². The highest BCUT2D eigenvalue weighted by Crippen LogP contribution is 2.07. The van der Waals surface area contributed by atoms with E-state index in [9.17, 15) is 4.79 Å². The molecule has 0 radical (unpaired) electrons. The van der Waals surface area contributed by atoms with Crippen LogP contribution >= 0.6 is 0 Å². The van der Waals surface area contributed by atoms with Crippen molar-refractivity contribution in [1.82, 2.24) is 0 Å². The Morgan fingerprint density at radius 1 is 1.29 bits per heavy atom. The van der Waals surface area contributed by atoms with Crippen LogP contribution in [0.3, 0.4) is 0 Å². The lowest BCUT2D eigenvalue weighted by molar-refractivity contribution is -0.193. The highest BCUT2D eigenvalue weighted by atomic mass is 16.6. The Labute approximate surface area is 79.0 Å². The van der Waals surface area contributed by atoms with Crippen LogP contribution in [0.15, 0.2) is 0 Å². The van der Waals surface area contributed by atoms with Crippen molar-refractivity contribution in [2.45, 2.75) is 12.5 Å². The second-order valence-corrected chi connectivity index (χ2v) is 1.85. The van der Waals surface area contributed by atoms with Crippen molar-refractivity contribution in [3.05, 3.63) is 0 Å². The molecule has 1 fully saturated rings. The molecule has 0 bridgehead atoms. The molecular weight excluding hydrogens is 196 g/mol. The second-order valence-electron chi connectivity index (χ2n) is 1.85. The third-order valence-electron chi connectivity index (χ3n) is 1.17. The smallest absolute Gasteiger partial charge is 0.373 e. The molecule has 0 amide bonds. The summed E-state index contributed by atoms with van der Waals surface area (Å²) in [6, 6.07) is 0. The van der Waals surface area contributed by atoms with E-state index in [4.69, 9.17) is 23.9 Å². The maximum atomic E-state index is 10.5. The van der Waals surface area contributed by atoms with Gasteiger partial charge in [0.25, 0.3) is 0 Å². The Balaban J connectivity index is 0. The van der Waals surface area contributed by atoms with E-state index in [2.05, 4.69) is 4.74 Å². The summed E-state index contributed by atoms with van der Waals surface area (Å²) >= 11 is 0. The minimum Gasteiger partial charge on any atom is -0.464 e. The largest absolute Gasteiger partial charge is 0.464 e. The van der Waals surface area contributed by atoms with Crippen LogP contribution in [0.5, 0.6) is 0 Å². The molecule has 0 saturated carbocycles. The van der Waals surface area contributed by atoms with Gasteiger partial charge < -0.3 is 9.47 Å². The lowest BCUT2D eigenvalue weighted by Crippen LogP contribution is -2.15. The predicted molar refractivity (Wildman–Crippen MR) is 36.4 cm³/mol. The molecule has 1 rings (SSSR count). The number of cyclic esters (lactones) is 1. The third kappa shape index (κ3) is 8.29. The fourth-order valence-electron chi connectivity index (χ4n) is 0.691. The number of esters is 1. The van der Waals surface area contributed by atoms with E-state index in [0.29, 0.717) is 13.0 Å². The van der Waals surface area contributed by atoms with Crippen molar-refractivity contribution in [3.8, 4) is 0 Å². The van der Waals surface area contributed by atoms with E-state index in [0.717, 1.165) is 0 Å². The molecule has 0 spiro atoms. The molecule has 1 aliphatic heterocycles. The standard InChI is InChI=1S/C5H8O3.2CO2/c1-7-4-2-3-8-5(4)6;2*2-1-3/h4H,2-3H2,1H3;;. The summed E-state index contributed by atoms with van der Waals surface area (Å²) in [6.45, 7) is 0.511. The molecule has 1 atom stereocenters. The van der Waals surface area contributed by atoms with E-state index in [1.807, 2.05) is 0 Å². The highest BCUT2D eigenvalue weighted by Gasteiger charge is 2.25. The van der Waals surface area contributed by atoms with Gasteiger partial charge in [-0.2, -0.15) is 19.2 Å². The third-order valence-corrected chi connectivity index (χ3v) is 1.17. The average molecular weight is 204 g/mol. The van der Waals surface area contributed by atoms with E-state index in [-0.39, 0.29) is 24.4 Å². The zero-order chi connectivity index (χ0) is 11.4. The Hall–Kier alpha value is -1.81. The predicted octanol–water partition coefficient (Wildman–Crippen LogP) is -1.22. The fraction of sp³-hybridized carbons (Fsp3) is 0.571. The molecule has 0 N–H and O–H groups in total. The van der Waals surface area contributed by atoms with Crippen molar-refractivity contribution >= 4 is 18.3 Å². The maximum absolute atomic E-state index is 10.5. The van der Waals surface area contributed by atoms with Crippen molar-refractivity contribution in [2.24, 2.45) is 0 Å². The monoisotopic (exact) mass is 204 g/mol. The summed E-state index contributed by atoms with van der Waals surface area (Å²) in [6.07, 6.45) is 0.907. The van der Waals surface area contributed by atoms with Gasteiger partial charge in [0, 0.05) is 13.5 Å². The van der Waals surface area contributed by atoms with Gasteiger partial charge in [0.1, 0.15) is 0 Å². The van der Waals surface area contributed by atoms with E-state index in [1.165, 1.54) is 7.11 Å². The van der Waals surface area contributed by atoms with Gasteiger partial charge in [0.15, 0.2) is 6.10 Å². The minimum absolute atomic E-state index is 0.229. The fourth-order valence-corrected chi connectivity index (χ4v) is 0.691. The summed E-state index contributed by atoms with van der Waals surface area (Å²) in [4.78, 5) is 43.0. The normalized spacial score (nSPS) is 17.2. The summed E-state index contributed by atoms with van der Waals surface area (Å²) in [5.74, 6) is -0.229. The van der Waals surface area contributed by atoms with Crippen LogP contribution in [-0.2, 0) is 33.4 Å². The summed E-state index contributed by atoms with van der Waals surface area (Å²) in [5.41, 5.74) is 0. The van der Waals surface area contributed by atoms with Gasteiger partial charge in [-0.15, -0.1) is 0 Å². The number of hydrogen-bond acceptors (Lipinski definition) is 7. The molecular formula is C7H8O7. The van der Waals surface area contributed by atoms with Crippen LogP contribution in [-0.4, -0.2) is 38.1 Å². The first-order valence-electron chi connectivity index (χ1n) is 3.35. The molecule has 0 aromatic heterocycles. The molecule has 7 nitrogen and oxygen atoms in total. The summed E-state index contributed by atoms with van der Waals surface area (Å²) in [7, 11) is 1.51. The van der Waals surface area contributed by atoms with E-state index in [1.54, 1.807) is 0 Å². The number of methoxy groups -OCH3 is 1. The molecule has 7 heteroatoms. The quantitative estimate of drug-likeness (QED) is 0.493. The molecule has 0 aromatic rings. The minimum atomic E-state index is -0.296. The zero-order valence-electron chi connectivity index (χ0n) is 7.35. The lowest BCUT2D eigenvalue weighted by atomic mass is 10.3. The Morgan fingerprint density at radius 2 is 1.71 bits per heavy atom. The van der Waals surface area contributed by atoms with Crippen molar-refractivity contribution in [1.29, 1.82) is 0 Å². The zero-order valence-corrected chi connectivity index (χ0v) is 7.35. The van der Waals surface area contributed by atoms with Gasteiger partial charge in [0.05, 0.1) is 6.61 Å².